The van der Waals surface area contributed by atoms with E-state index in [2.05, 4.69) is 10.1 Å². The Morgan fingerprint density at radius 1 is 1.21 bits per heavy atom. The first-order chi connectivity index (χ1) is 13.6. The molecule has 3 heterocycles. The molecule has 3 aromatic heterocycles. The normalized spacial score (nSPS) is 11.5. The van der Waals surface area contributed by atoms with Gasteiger partial charge in [0.1, 0.15) is 0 Å². The summed E-state index contributed by atoms with van der Waals surface area (Å²) in [5, 5.41) is 14.8. The average molecular weight is 399 g/mol. The monoisotopic (exact) mass is 398 g/mol. The molecule has 0 radical (unpaired) electrons. The highest BCUT2D eigenvalue weighted by Gasteiger charge is 2.18. The van der Waals surface area contributed by atoms with Crippen molar-refractivity contribution in [3.8, 4) is 11.1 Å². The van der Waals surface area contributed by atoms with Crippen LogP contribution < -0.4 is 5.56 Å². The summed E-state index contributed by atoms with van der Waals surface area (Å²) >= 11 is 6.02. The van der Waals surface area contributed by atoms with Gasteiger partial charge in [-0.1, -0.05) is 23.7 Å². The molecule has 0 saturated heterocycles. The van der Waals surface area contributed by atoms with Crippen LogP contribution in [0.5, 0.6) is 0 Å². The largest absolute Gasteiger partial charge is 0.396 e. The Kier molecular flexibility index (Phi) is 5.13. The minimum atomic E-state index is -0.155. The molecule has 0 fully saturated rings. The molecule has 0 aliphatic rings. The van der Waals surface area contributed by atoms with E-state index in [0.29, 0.717) is 41.1 Å². The highest BCUT2D eigenvalue weighted by Crippen LogP contribution is 2.30. The molecule has 0 saturated carbocycles. The lowest BCUT2D eigenvalue weighted by Gasteiger charge is -2.07. The number of halogens is 1. The molecule has 0 amide bonds. The topological polar surface area (TPSA) is 81.7 Å². The minimum Gasteiger partial charge on any atom is -0.396 e. The molecule has 7 nitrogen and oxygen atoms in total. The van der Waals surface area contributed by atoms with Crippen LogP contribution in [0.3, 0.4) is 0 Å². The predicted molar refractivity (Wildman–Crippen MR) is 108 cm³/mol. The third kappa shape index (κ3) is 3.17. The van der Waals surface area contributed by atoms with Crippen LogP contribution >= 0.6 is 11.6 Å². The van der Waals surface area contributed by atoms with Crippen molar-refractivity contribution >= 4 is 28.2 Å². The molecule has 0 unspecified atom stereocenters. The van der Waals surface area contributed by atoms with Gasteiger partial charge in [-0.3, -0.25) is 4.79 Å². The maximum absolute atomic E-state index is 12.8. The second kappa shape index (κ2) is 7.71. The van der Waals surface area contributed by atoms with Crippen LogP contribution in [0.2, 0.25) is 5.02 Å². The second-order valence-corrected chi connectivity index (χ2v) is 6.88. The van der Waals surface area contributed by atoms with Gasteiger partial charge >= 0.3 is 0 Å². The fourth-order valence-electron chi connectivity index (χ4n) is 3.32. The number of aliphatic hydroxyl groups is 1. The van der Waals surface area contributed by atoms with E-state index in [4.69, 9.17) is 21.4 Å². The summed E-state index contributed by atoms with van der Waals surface area (Å²) in [4.78, 5) is 17.3. The van der Waals surface area contributed by atoms with Gasteiger partial charge in [0, 0.05) is 37.7 Å². The van der Waals surface area contributed by atoms with E-state index < -0.39 is 0 Å². The van der Waals surface area contributed by atoms with E-state index in [9.17, 15) is 4.79 Å². The first-order valence-electron chi connectivity index (χ1n) is 8.89. The standard InChI is InChI=1S/C20H19ClN4O3/c1-28-12-16-18(13-3-5-14(21)6-4-13)19-22-11-15-17(25(19)23-16)7-9-24(20(15)27)8-2-10-26/h3-7,9,11,26H,2,8,10,12H2,1H3. The minimum absolute atomic E-state index is 0.0335. The summed E-state index contributed by atoms with van der Waals surface area (Å²) in [7, 11) is 1.61. The molecule has 0 aliphatic carbocycles. The fraction of sp³-hybridized carbons (Fsp3) is 0.250. The molecule has 0 atom stereocenters. The van der Waals surface area contributed by atoms with Crippen molar-refractivity contribution in [3.63, 3.8) is 0 Å². The molecule has 144 valence electrons. The van der Waals surface area contributed by atoms with E-state index in [1.54, 1.807) is 28.6 Å². The molecule has 4 rings (SSSR count). The maximum atomic E-state index is 12.8. The third-order valence-corrected chi connectivity index (χ3v) is 4.88. The average Bonchev–Trinajstić information content (AvgIpc) is 3.07. The smallest absolute Gasteiger partial charge is 0.261 e. The number of methoxy groups -OCH3 is 1. The predicted octanol–water partition coefficient (Wildman–Crippen LogP) is 2.89. The molecular formula is C20H19ClN4O3. The van der Waals surface area contributed by atoms with Crippen LogP contribution in [0, 0.1) is 0 Å². The van der Waals surface area contributed by atoms with Gasteiger partial charge < -0.3 is 14.4 Å². The molecular weight excluding hydrogens is 380 g/mol. The Morgan fingerprint density at radius 3 is 2.71 bits per heavy atom. The molecule has 1 N–H and O–H groups in total. The van der Waals surface area contributed by atoms with Gasteiger partial charge in [-0.05, 0) is 30.2 Å². The highest BCUT2D eigenvalue weighted by molar-refractivity contribution is 6.30. The van der Waals surface area contributed by atoms with Crippen molar-refractivity contribution in [2.75, 3.05) is 13.7 Å². The summed E-state index contributed by atoms with van der Waals surface area (Å²) in [6, 6.07) is 9.31. The Hall–Kier alpha value is -2.74. The quantitative estimate of drug-likeness (QED) is 0.540. The number of fused-ring (bicyclic) bond motifs is 3. The summed E-state index contributed by atoms with van der Waals surface area (Å²) in [5.41, 5.74) is 3.67. The van der Waals surface area contributed by atoms with Gasteiger partial charge in [0.2, 0.25) is 0 Å². The number of ether oxygens (including phenoxy) is 1. The molecule has 0 bridgehead atoms. The van der Waals surface area contributed by atoms with E-state index in [1.807, 2.05) is 30.3 Å². The number of hydrogen-bond donors (Lipinski definition) is 1. The van der Waals surface area contributed by atoms with Crippen LogP contribution in [0.15, 0.2) is 47.5 Å². The number of aromatic nitrogens is 4. The number of hydrogen-bond acceptors (Lipinski definition) is 5. The molecule has 0 spiro atoms. The maximum Gasteiger partial charge on any atom is 0.261 e. The van der Waals surface area contributed by atoms with Crippen molar-refractivity contribution in [2.24, 2.45) is 0 Å². The zero-order chi connectivity index (χ0) is 19.7. The molecule has 1 aromatic carbocycles. The van der Waals surface area contributed by atoms with E-state index in [1.165, 1.54) is 0 Å². The van der Waals surface area contributed by atoms with Crippen molar-refractivity contribution in [3.05, 3.63) is 63.8 Å². The SMILES string of the molecule is COCc1nn2c(ncc3c(=O)n(CCCO)ccc32)c1-c1ccc(Cl)cc1. The van der Waals surface area contributed by atoms with Crippen molar-refractivity contribution < 1.29 is 9.84 Å². The Bertz CT molecular complexity index is 1200. The molecule has 28 heavy (non-hydrogen) atoms. The second-order valence-electron chi connectivity index (χ2n) is 6.45. The van der Waals surface area contributed by atoms with Crippen LogP contribution in [0.1, 0.15) is 12.1 Å². The van der Waals surface area contributed by atoms with Crippen LogP contribution in [-0.2, 0) is 17.9 Å². The summed E-state index contributed by atoms with van der Waals surface area (Å²) in [5.74, 6) is 0. The van der Waals surface area contributed by atoms with Gasteiger partial charge in [-0.15, -0.1) is 0 Å². The Labute approximate surface area is 165 Å². The van der Waals surface area contributed by atoms with Crippen molar-refractivity contribution in [1.29, 1.82) is 0 Å². The number of rotatable bonds is 6. The summed E-state index contributed by atoms with van der Waals surface area (Å²) in [6.07, 6.45) is 3.82. The van der Waals surface area contributed by atoms with Crippen LogP contribution in [0.4, 0.5) is 0 Å². The Morgan fingerprint density at radius 2 is 2.00 bits per heavy atom. The third-order valence-electron chi connectivity index (χ3n) is 4.63. The van der Waals surface area contributed by atoms with Gasteiger partial charge in [-0.25, -0.2) is 9.50 Å². The zero-order valence-corrected chi connectivity index (χ0v) is 16.1. The summed E-state index contributed by atoms with van der Waals surface area (Å²) < 4.78 is 8.58. The molecule has 8 heteroatoms. The van der Waals surface area contributed by atoms with E-state index in [0.717, 1.165) is 16.8 Å². The zero-order valence-electron chi connectivity index (χ0n) is 15.3. The van der Waals surface area contributed by atoms with Gasteiger partial charge in [0.15, 0.2) is 5.65 Å². The van der Waals surface area contributed by atoms with E-state index in [-0.39, 0.29) is 12.2 Å². The molecule has 4 aromatic rings. The number of aliphatic hydroxyl groups excluding tert-OH is 1. The number of aryl methyl sites for hydroxylation is 1. The lowest BCUT2D eigenvalue weighted by atomic mass is 10.1. The van der Waals surface area contributed by atoms with Crippen LogP contribution in [-0.4, -0.2) is 38.0 Å². The highest BCUT2D eigenvalue weighted by atomic mass is 35.5. The molecule has 0 aliphatic heterocycles. The lowest BCUT2D eigenvalue weighted by molar-refractivity contribution is 0.181. The van der Waals surface area contributed by atoms with Crippen LogP contribution in [0.25, 0.3) is 27.7 Å². The lowest BCUT2D eigenvalue weighted by Crippen LogP contribution is -2.21. The van der Waals surface area contributed by atoms with Gasteiger partial charge in [0.05, 0.1) is 28.8 Å². The summed E-state index contributed by atoms with van der Waals surface area (Å²) in [6.45, 7) is 0.801. The van der Waals surface area contributed by atoms with Gasteiger partial charge in [0.25, 0.3) is 5.56 Å². The van der Waals surface area contributed by atoms with Gasteiger partial charge in [-0.2, -0.15) is 5.10 Å². The number of nitrogens with zero attached hydrogens (tertiary/aromatic N) is 4. The fourth-order valence-corrected chi connectivity index (χ4v) is 3.45. The number of benzene rings is 1. The first kappa shape index (κ1) is 18.6. The first-order valence-corrected chi connectivity index (χ1v) is 9.27. The number of pyridine rings is 1. The Balaban J connectivity index is 1.96. The van der Waals surface area contributed by atoms with Crippen molar-refractivity contribution in [2.45, 2.75) is 19.6 Å². The van der Waals surface area contributed by atoms with Crippen molar-refractivity contribution in [1.82, 2.24) is 19.2 Å². The van der Waals surface area contributed by atoms with E-state index >= 15 is 0 Å².